The van der Waals surface area contributed by atoms with Gasteiger partial charge in [-0.3, -0.25) is 0 Å². The molecule has 0 spiro atoms. The first kappa shape index (κ1) is 13.4. The van der Waals surface area contributed by atoms with E-state index in [9.17, 15) is 9.18 Å². The molecule has 0 aromatic heterocycles. The zero-order valence-corrected chi connectivity index (χ0v) is 11.2. The lowest BCUT2D eigenvalue weighted by molar-refractivity contribution is -0.472. The molecule has 1 aliphatic heterocycles. The number of ether oxygens (including phenoxy) is 1. The van der Waals surface area contributed by atoms with Crippen molar-refractivity contribution in [3.8, 4) is 0 Å². The number of nitrogens with zero attached hydrogens (tertiary/aromatic N) is 2. The summed E-state index contributed by atoms with van der Waals surface area (Å²) in [4.78, 5) is 16.1. The fourth-order valence-electron chi connectivity index (χ4n) is 2.17. The number of carbonyl (C=O) groups is 1. The van der Waals surface area contributed by atoms with Gasteiger partial charge < -0.3 is 4.74 Å². The summed E-state index contributed by atoms with van der Waals surface area (Å²) in [5.41, 5.74) is 1.66. The lowest BCUT2D eigenvalue weighted by Crippen LogP contribution is -2.26. The molecular formula is C14H16FN2O2+. The minimum atomic E-state index is -0.439. The van der Waals surface area contributed by atoms with Crippen molar-refractivity contribution < 1.29 is 18.5 Å². The Kier molecular flexibility index (Phi) is 3.74. The topological polar surface area (TPSA) is 41.7 Å². The van der Waals surface area contributed by atoms with Crippen LogP contribution in [-0.2, 0) is 9.53 Å². The molecule has 19 heavy (non-hydrogen) atoms. The maximum absolute atomic E-state index is 13.3. The van der Waals surface area contributed by atoms with E-state index in [1.54, 1.807) is 26.0 Å². The summed E-state index contributed by atoms with van der Waals surface area (Å²) < 4.78 is 20.1. The van der Waals surface area contributed by atoms with Crippen molar-refractivity contribution in [3.63, 3.8) is 0 Å². The highest BCUT2D eigenvalue weighted by Crippen LogP contribution is 2.21. The van der Waals surface area contributed by atoms with Gasteiger partial charge in [0.2, 0.25) is 23.3 Å². The Bertz CT molecular complexity index is 579. The number of carbonyl (C=O) groups excluding carboxylic acids is 1. The van der Waals surface area contributed by atoms with Gasteiger partial charge in [-0.15, -0.1) is 0 Å². The monoisotopic (exact) mass is 263 g/mol. The van der Waals surface area contributed by atoms with E-state index in [1.165, 1.54) is 12.1 Å². The highest BCUT2D eigenvalue weighted by atomic mass is 19.1. The van der Waals surface area contributed by atoms with Gasteiger partial charge in [-0.05, 0) is 13.0 Å². The first-order chi connectivity index (χ1) is 9.04. The molecule has 1 aromatic carbocycles. The second-order valence-electron chi connectivity index (χ2n) is 4.27. The van der Waals surface area contributed by atoms with Crippen LogP contribution >= 0.6 is 0 Å². The summed E-state index contributed by atoms with van der Waals surface area (Å²) in [5, 5.41) is 0. The van der Waals surface area contributed by atoms with Gasteiger partial charge in [-0.25, -0.2) is 14.2 Å². The van der Waals surface area contributed by atoms with Crippen molar-refractivity contribution in [2.24, 2.45) is 4.99 Å². The first-order valence-corrected chi connectivity index (χ1v) is 6.18. The lowest BCUT2D eigenvalue weighted by atomic mass is 10.2. The van der Waals surface area contributed by atoms with Gasteiger partial charge >= 0.3 is 5.97 Å². The van der Waals surface area contributed by atoms with Gasteiger partial charge in [0.1, 0.15) is 5.82 Å². The Labute approximate surface area is 111 Å². The second-order valence-corrected chi connectivity index (χ2v) is 4.27. The van der Waals surface area contributed by atoms with Crippen molar-refractivity contribution in [1.82, 2.24) is 0 Å². The number of hydrogen-bond donors (Lipinski definition) is 0. The van der Waals surface area contributed by atoms with Crippen molar-refractivity contribution in [2.75, 3.05) is 6.61 Å². The molecule has 0 N–H and O–H groups in total. The first-order valence-electron chi connectivity index (χ1n) is 6.18. The van der Waals surface area contributed by atoms with Gasteiger partial charge in [0.25, 0.3) is 0 Å². The molecule has 4 nitrogen and oxygen atoms in total. The second kappa shape index (κ2) is 5.30. The van der Waals surface area contributed by atoms with Gasteiger partial charge in [0.05, 0.1) is 6.61 Å². The molecule has 0 aliphatic carbocycles. The molecule has 5 heteroatoms. The van der Waals surface area contributed by atoms with Crippen LogP contribution in [0.5, 0.6) is 0 Å². The third-order valence-electron chi connectivity index (χ3n) is 2.95. The predicted molar refractivity (Wildman–Crippen MR) is 70.5 cm³/mol. The number of esters is 1. The molecule has 0 radical (unpaired) electrons. The SMILES string of the molecule is CCOC(=O)C1=NC(C)[N+](c2cccc(F)c2)=C1C. The van der Waals surface area contributed by atoms with Crippen LogP contribution in [0.25, 0.3) is 0 Å². The predicted octanol–water partition coefficient (Wildman–Crippen LogP) is 2.29. The summed E-state index contributed by atoms with van der Waals surface area (Å²) in [5.74, 6) is -0.757. The molecule has 1 unspecified atom stereocenters. The molecule has 0 bridgehead atoms. The maximum atomic E-state index is 13.3. The van der Waals surface area contributed by atoms with Crippen molar-refractivity contribution >= 4 is 23.1 Å². The highest BCUT2D eigenvalue weighted by molar-refractivity contribution is 6.64. The molecule has 1 aliphatic rings. The molecule has 1 heterocycles. The Morgan fingerprint density at radius 1 is 1.53 bits per heavy atom. The van der Waals surface area contributed by atoms with E-state index in [2.05, 4.69) is 4.99 Å². The molecule has 1 atom stereocenters. The van der Waals surface area contributed by atoms with Crippen LogP contribution in [0.15, 0.2) is 29.3 Å². The average Bonchev–Trinajstić information content (AvgIpc) is 2.65. The molecule has 0 saturated heterocycles. The van der Waals surface area contributed by atoms with E-state index >= 15 is 0 Å². The minimum Gasteiger partial charge on any atom is -0.461 e. The maximum Gasteiger partial charge on any atom is 0.363 e. The van der Waals surface area contributed by atoms with Crippen LogP contribution in [0.2, 0.25) is 0 Å². The number of rotatable bonds is 3. The Balaban J connectivity index is 2.40. The summed E-state index contributed by atoms with van der Waals surface area (Å²) >= 11 is 0. The van der Waals surface area contributed by atoms with Crippen LogP contribution in [-0.4, -0.2) is 34.7 Å². The summed E-state index contributed by atoms with van der Waals surface area (Å²) in [7, 11) is 0. The molecule has 2 rings (SSSR count). The third-order valence-corrected chi connectivity index (χ3v) is 2.95. The number of benzene rings is 1. The summed E-state index contributed by atoms with van der Waals surface area (Å²) in [6.45, 7) is 5.68. The van der Waals surface area contributed by atoms with E-state index in [0.29, 0.717) is 23.7 Å². The number of halogens is 1. The van der Waals surface area contributed by atoms with E-state index in [4.69, 9.17) is 4.74 Å². The van der Waals surface area contributed by atoms with Gasteiger partial charge in [-0.2, -0.15) is 4.58 Å². The van der Waals surface area contributed by atoms with E-state index in [-0.39, 0.29) is 12.0 Å². The minimum absolute atomic E-state index is 0.249. The lowest BCUT2D eigenvalue weighted by Gasteiger charge is -2.03. The van der Waals surface area contributed by atoms with Crippen LogP contribution in [0.1, 0.15) is 20.8 Å². The van der Waals surface area contributed by atoms with Crippen LogP contribution < -0.4 is 0 Å². The number of aliphatic imine (C=N–C) groups is 1. The largest absolute Gasteiger partial charge is 0.461 e. The zero-order valence-electron chi connectivity index (χ0n) is 11.2. The van der Waals surface area contributed by atoms with Gasteiger partial charge in [-0.1, -0.05) is 6.07 Å². The molecular weight excluding hydrogens is 247 g/mol. The Morgan fingerprint density at radius 3 is 2.89 bits per heavy atom. The Hall–Kier alpha value is -2.04. The quantitative estimate of drug-likeness (QED) is 0.620. The van der Waals surface area contributed by atoms with E-state index in [1.807, 2.05) is 11.5 Å². The Morgan fingerprint density at radius 2 is 2.26 bits per heavy atom. The highest BCUT2D eigenvalue weighted by Gasteiger charge is 2.36. The van der Waals surface area contributed by atoms with Gasteiger partial charge in [0, 0.05) is 26.0 Å². The van der Waals surface area contributed by atoms with Gasteiger partial charge in [0.15, 0.2) is 0 Å². The van der Waals surface area contributed by atoms with Crippen LogP contribution in [0.3, 0.4) is 0 Å². The van der Waals surface area contributed by atoms with Crippen molar-refractivity contribution in [2.45, 2.75) is 26.9 Å². The summed E-state index contributed by atoms with van der Waals surface area (Å²) in [6, 6.07) is 6.22. The molecule has 1 aromatic rings. The van der Waals surface area contributed by atoms with E-state index in [0.717, 1.165) is 0 Å². The summed E-state index contributed by atoms with van der Waals surface area (Å²) in [6.07, 6.45) is -0.249. The fourth-order valence-corrected chi connectivity index (χ4v) is 2.17. The average molecular weight is 263 g/mol. The fraction of sp³-hybridized carbons (Fsp3) is 0.357. The standard InChI is InChI=1S/C14H16FN2O2/c1-4-19-14(18)13-9(2)17(10(3)16-13)12-7-5-6-11(15)8-12/h5-8,10H,4H2,1-3H3/q+1. The smallest absolute Gasteiger partial charge is 0.363 e. The number of hydrogen-bond acceptors (Lipinski definition) is 3. The molecule has 0 fully saturated rings. The van der Waals surface area contributed by atoms with E-state index < -0.39 is 5.97 Å². The normalized spacial score (nSPS) is 18.5. The molecule has 100 valence electrons. The van der Waals surface area contributed by atoms with Crippen molar-refractivity contribution in [3.05, 3.63) is 30.1 Å². The molecule has 0 saturated carbocycles. The molecule has 0 amide bonds. The zero-order chi connectivity index (χ0) is 14.0. The van der Waals surface area contributed by atoms with Crippen LogP contribution in [0.4, 0.5) is 10.1 Å². The van der Waals surface area contributed by atoms with Crippen molar-refractivity contribution in [1.29, 1.82) is 0 Å². The van der Waals surface area contributed by atoms with Crippen LogP contribution in [0, 0.1) is 5.82 Å². The third kappa shape index (κ3) is 2.54.